The smallest absolute Gasteiger partial charge is 0.238 e. The molecule has 2 N–H and O–H groups in total. The minimum absolute atomic E-state index is 0.0211. The standard InChI is InChI=1S/C22H24N4O2S/c1-15-6-8-17(9-7-15)23-20(27)14-26-12-10-16(11-13-26)21(28)25-22-24-18-4-2-3-5-19(18)29-22/h2-9,16H,10-14H2,1H3,(H,23,27)(H,24,25,28). The van der Waals surface area contributed by atoms with Crippen LogP contribution in [0.2, 0.25) is 0 Å². The molecule has 0 radical (unpaired) electrons. The number of carbonyl (C=O) groups is 2. The van der Waals surface area contributed by atoms with Crippen LogP contribution in [0.5, 0.6) is 0 Å². The van der Waals surface area contributed by atoms with E-state index in [9.17, 15) is 9.59 Å². The molecule has 0 atom stereocenters. The predicted molar refractivity (Wildman–Crippen MR) is 117 cm³/mol. The molecular formula is C22H24N4O2S. The average Bonchev–Trinajstić information content (AvgIpc) is 3.12. The number of para-hydroxylation sites is 1. The highest BCUT2D eigenvalue weighted by Gasteiger charge is 2.26. The minimum Gasteiger partial charge on any atom is -0.325 e. The van der Waals surface area contributed by atoms with Crippen LogP contribution in [0.25, 0.3) is 10.2 Å². The Balaban J connectivity index is 1.24. The highest BCUT2D eigenvalue weighted by Crippen LogP contribution is 2.27. The molecule has 1 aromatic heterocycles. The van der Waals surface area contributed by atoms with E-state index in [0.717, 1.165) is 47.4 Å². The van der Waals surface area contributed by atoms with Crippen LogP contribution in [0.15, 0.2) is 48.5 Å². The number of thiazole rings is 1. The van der Waals surface area contributed by atoms with Crippen LogP contribution in [0.1, 0.15) is 18.4 Å². The zero-order valence-electron chi connectivity index (χ0n) is 16.4. The molecule has 2 aromatic carbocycles. The summed E-state index contributed by atoms with van der Waals surface area (Å²) in [7, 11) is 0. The van der Waals surface area contributed by atoms with Gasteiger partial charge in [-0.3, -0.25) is 14.5 Å². The monoisotopic (exact) mass is 408 g/mol. The molecule has 3 aromatic rings. The number of fused-ring (bicyclic) bond motifs is 1. The summed E-state index contributed by atoms with van der Waals surface area (Å²) >= 11 is 1.49. The van der Waals surface area contributed by atoms with Crippen LogP contribution in [-0.4, -0.2) is 41.3 Å². The van der Waals surface area contributed by atoms with Gasteiger partial charge in [-0.15, -0.1) is 0 Å². The van der Waals surface area contributed by atoms with Gasteiger partial charge in [0.25, 0.3) is 0 Å². The summed E-state index contributed by atoms with van der Waals surface area (Å²) in [6.45, 7) is 3.83. The van der Waals surface area contributed by atoms with Crippen molar-refractivity contribution in [2.45, 2.75) is 19.8 Å². The second-order valence-corrected chi connectivity index (χ2v) is 8.47. The molecule has 0 aliphatic carbocycles. The van der Waals surface area contributed by atoms with E-state index in [-0.39, 0.29) is 17.7 Å². The molecule has 2 amide bonds. The molecule has 4 rings (SSSR count). The maximum Gasteiger partial charge on any atom is 0.238 e. The van der Waals surface area contributed by atoms with Gasteiger partial charge in [0.15, 0.2) is 5.13 Å². The number of aromatic nitrogens is 1. The maximum atomic E-state index is 12.6. The molecular weight excluding hydrogens is 384 g/mol. The number of piperidine rings is 1. The summed E-state index contributed by atoms with van der Waals surface area (Å²) in [5, 5.41) is 6.54. The summed E-state index contributed by atoms with van der Waals surface area (Å²) in [5.41, 5.74) is 2.88. The Hall–Kier alpha value is -2.77. The third-order valence-corrected chi connectivity index (χ3v) is 6.14. The first-order valence-corrected chi connectivity index (χ1v) is 10.6. The Kier molecular flexibility index (Phi) is 5.87. The largest absolute Gasteiger partial charge is 0.325 e. The summed E-state index contributed by atoms with van der Waals surface area (Å²) < 4.78 is 1.07. The molecule has 29 heavy (non-hydrogen) atoms. The first kappa shape index (κ1) is 19.5. The molecule has 6 nitrogen and oxygen atoms in total. The van der Waals surface area contributed by atoms with E-state index in [1.165, 1.54) is 11.3 Å². The Morgan fingerprint density at radius 3 is 2.52 bits per heavy atom. The van der Waals surface area contributed by atoms with Crippen molar-refractivity contribution >= 4 is 44.2 Å². The number of amides is 2. The highest BCUT2D eigenvalue weighted by atomic mass is 32.1. The van der Waals surface area contributed by atoms with E-state index in [1.54, 1.807) is 0 Å². The number of hydrogen-bond donors (Lipinski definition) is 2. The van der Waals surface area contributed by atoms with E-state index in [2.05, 4.69) is 20.5 Å². The van der Waals surface area contributed by atoms with Crippen molar-refractivity contribution in [1.82, 2.24) is 9.88 Å². The van der Waals surface area contributed by atoms with Crippen molar-refractivity contribution in [2.75, 3.05) is 30.3 Å². The van der Waals surface area contributed by atoms with E-state index < -0.39 is 0 Å². The van der Waals surface area contributed by atoms with Crippen molar-refractivity contribution in [3.05, 3.63) is 54.1 Å². The lowest BCUT2D eigenvalue weighted by Crippen LogP contribution is -2.41. The lowest BCUT2D eigenvalue weighted by molar-refractivity contribution is -0.121. The van der Waals surface area contributed by atoms with Gasteiger partial charge in [0.1, 0.15) is 0 Å². The average molecular weight is 409 g/mol. The van der Waals surface area contributed by atoms with Crippen LogP contribution < -0.4 is 10.6 Å². The fourth-order valence-corrected chi connectivity index (χ4v) is 4.40. The second kappa shape index (κ2) is 8.71. The summed E-state index contributed by atoms with van der Waals surface area (Å²) in [4.78, 5) is 31.4. The molecule has 1 aliphatic heterocycles. The van der Waals surface area contributed by atoms with Crippen molar-refractivity contribution in [3.63, 3.8) is 0 Å². The van der Waals surface area contributed by atoms with Gasteiger partial charge in [0, 0.05) is 11.6 Å². The third kappa shape index (κ3) is 4.99. The predicted octanol–water partition coefficient (Wildman–Crippen LogP) is 3.89. The number of nitrogens with zero attached hydrogens (tertiary/aromatic N) is 2. The zero-order valence-corrected chi connectivity index (χ0v) is 17.2. The highest BCUT2D eigenvalue weighted by molar-refractivity contribution is 7.22. The quantitative estimate of drug-likeness (QED) is 0.672. The van der Waals surface area contributed by atoms with E-state index >= 15 is 0 Å². The Morgan fingerprint density at radius 1 is 1.07 bits per heavy atom. The SMILES string of the molecule is Cc1ccc(NC(=O)CN2CCC(C(=O)Nc3nc4ccccc4s3)CC2)cc1. The van der Waals surface area contributed by atoms with Crippen molar-refractivity contribution in [3.8, 4) is 0 Å². The van der Waals surface area contributed by atoms with Gasteiger partial charge in [-0.2, -0.15) is 0 Å². The first-order valence-electron chi connectivity index (χ1n) is 9.82. The van der Waals surface area contributed by atoms with E-state index in [0.29, 0.717) is 11.7 Å². The molecule has 150 valence electrons. The number of nitrogens with one attached hydrogen (secondary N) is 2. The number of likely N-dealkylation sites (tertiary alicyclic amines) is 1. The molecule has 7 heteroatoms. The summed E-state index contributed by atoms with van der Waals surface area (Å²) in [6, 6.07) is 15.6. The normalized spacial score (nSPS) is 15.3. The second-order valence-electron chi connectivity index (χ2n) is 7.44. The van der Waals surface area contributed by atoms with Crippen LogP contribution in [-0.2, 0) is 9.59 Å². The van der Waals surface area contributed by atoms with E-state index in [1.807, 2.05) is 55.5 Å². The first-order chi connectivity index (χ1) is 14.1. The molecule has 1 aliphatic rings. The molecule has 1 fully saturated rings. The number of anilines is 2. The lowest BCUT2D eigenvalue weighted by atomic mass is 9.96. The number of hydrogen-bond acceptors (Lipinski definition) is 5. The Morgan fingerprint density at radius 2 is 1.79 bits per heavy atom. The number of rotatable bonds is 5. The van der Waals surface area contributed by atoms with Crippen LogP contribution in [0.4, 0.5) is 10.8 Å². The molecule has 0 saturated carbocycles. The summed E-state index contributed by atoms with van der Waals surface area (Å²) in [6.07, 6.45) is 1.49. The Bertz CT molecular complexity index is 974. The van der Waals surface area contributed by atoms with Crippen LogP contribution >= 0.6 is 11.3 Å². The van der Waals surface area contributed by atoms with Gasteiger partial charge < -0.3 is 10.6 Å². The Labute approximate surface area is 173 Å². The van der Waals surface area contributed by atoms with E-state index in [4.69, 9.17) is 0 Å². The molecule has 0 spiro atoms. The molecule has 0 unspecified atom stereocenters. The number of aryl methyl sites for hydroxylation is 1. The van der Waals surface area contributed by atoms with Gasteiger partial charge in [-0.05, 0) is 57.1 Å². The number of carbonyl (C=O) groups excluding carboxylic acids is 2. The summed E-state index contributed by atoms with van der Waals surface area (Å²) in [5.74, 6) is -0.0440. The fraction of sp³-hybridized carbons (Fsp3) is 0.318. The maximum absolute atomic E-state index is 12.6. The van der Waals surface area contributed by atoms with Gasteiger partial charge in [0.05, 0.1) is 16.8 Å². The molecule has 0 bridgehead atoms. The number of benzene rings is 2. The van der Waals surface area contributed by atoms with Crippen molar-refractivity contribution in [1.29, 1.82) is 0 Å². The van der Waals surface area contributed by atoms with Crippen LogP contribution in [0, 0.1) is 12.8 Å². The van der Waals surface area contributed by atoms with Crippen LogP contribution in [0.3, 0.4) is 0 Å². The minimum atomic E-state index is -0.0431. The molecule has 1 saturated heterocycles. The van der Waals surface area contributed by atoms with Gasteiger partial charge in [0.2, 0.25) is 11.8 Å². The topological polar surface area (TPSA) is 74.3 Å². The van der Waals surface area contributed by atoms with Crippen molar-refractivity contribution < 1.29 is 9.59 Å². The lowest BCUT2D eigenvalue weighted by Gasteiger charge is -2.30. The zero-order chi connectivity index (χ0) is 20.2. The third-order valence-electron chi connectivity index (χ3n) is 5.18. The van der Waals surface area contributed by atoms with Gasteiger partial charge >= 0.3 is 0 Å². The fourth-order valence-electron chi connectivity index (χ4n) is 3.53. The molecule has 2 heterocycles. The van der Waals surface area contributed by atoms with Gasteiger partial charge in [-0.25, -0.2) is 4.98 Å². The van der Waals surface area contributed by atoms with Crippen molar-refractivity contribution in [2.24, 2.45) is 5.92 Å². The van der Waals surface area contributed by atoms with Gasteiger partial charge in [-0.1, -0.05) is 41.2 Å².